The molecule has 7 heteroatoms. The number of anilines is 1. The molecule has 6 nitrogen and oxygen atoms in total. The van der Waals surface area contributed by atoms with Crippen LogP contribution in [0.2, 0.25) is 0 Å². The summed E-state index contributed by atoms with van der Waals surface area (Å²) < 4.78 is 2.73. The molecule has 0 radical (unpaired) electrons. The first-order chi connectivity index (χ1) is 13.7. The smallest absolute Gasteiger partial charge is 0.259 e. The fourth-order valence-electron chi connectivity index (χ4n) is 2.74. The van der Waals surface area contributed by atoms with Gasteiger partial charge < -0.3 is 5.32 Å². The Morgan fingerprint density at radius 1 is 1.00 bits per heavy atom. The summed E-state index contributed by atoms with van der Waals surface area (Å²) in [5.74, 6) is 0.907. The van der Waals surface area contributed by atoms with Gasteiger partial charge >= 0.3 is 0 Å². The molecule has 2 aromatic carbocycles. The molecule has 1 amide bonds. The van der Waals surface area contributed by atoms with Crippen molar-refractivity contribution in [2.75, 3.05) is 5.32 Å². The Bertz CT molecular complexity index is 1090. The largest absolute Gasteiger partial charge is 0.307 e. The highest BCUT2D eigenvalue weighted by Gasteiger charge is 2.12. The molecule has 0 saturated heterocycles. The van der Waals surface area contributed by atoms with Gasteiger partial charge in [0.25, 0.3) is 5.91 Å². The van der Waals surface area contributed by atoms with Gasteiger partial charge in [0, 0.05) is 28.5 Å². The van der Waals surface area contributed by atoms with Crippen molar-refractivity contribution in [2.45, 2.75) is 6.54 Å². The highest BCUT2D eigenvalue weighted by molar-refractivity contribution is 9.10. The van der Waals surface area contributed by atoms with Gasteiger partial charge in [-0.15, -0.1) is 0 Å². The van der Waals surface area contributed by atoms with Crippen LogP contribution in [0.25, 0.3) is 11.4 Å². The Hall–Kier alpha value is -3.32. The van der Waals surface area contributed by atoms with Crippen molar-refractivity contribution in [1.82, 2.24) is 19.7 Å². The summed E-state index contributed by atoms with van der Waals surface area (Å²) in [5, 5.41) is 7.17. The van der Waals surface area contributed by atoms with Crippen molar-refractivity contribution in [2.24, 2.45) is 0 Å². The van der Waals surface area contributed by atoms with Crippen molar-refractivity contribution in [3.8, 4) is 11.4 Å². The first-order valence-electron chi connectivity index (χ1n) is 8.64. The third-order valence-electron chi connectivity index (χ3n) is 4.13. The van der Waals surface area contributed by atoms with Gasteiger partial charge in [-0.05, 0) is 17.7 Å². The number of hydrogen-bond donors (Lipinski definition) is 1. The summed E-state index contributed by atoms with van der Waals surface area (Å²) in [6, 6.07) is 19.3. The van der Waals surface area contributed by atoms with Crippen LogP contribution in [0.15, 0.2) is 83.7 Å². The standard InChI is InChI=1S/C21H16BrN5O/c22-18-8-4-5-15(11-18)14-27-19(9-10-25-27)26-21(28)17-12-23-20(24-13-17)16-6-2-1-3-7-16/h1-13H,14H2,(H,26,28). The Labute approximate surface area is 170 Å². The zero-order valence-corrected chi connectivity index (χ0v) is 16.4. The van der Waals surface area contributed by atoms with Gasteiger partial charge in [0.1, 0.15) is 5.82 Å². The molecule has 28 heavy (non-hydrogen) atoms. The predicted octanol–water partition coefficient (Wildman–Crippen LogP) is 4.40. The Morgan fingerprint density at radius 3 is 2.54 bits per heavy atom. The van der Waals surface area contributed by atoms with Gasteiger partial charge in [-0.25, -0.2) is 14.6 Å². The SMILES string of the molecule is O=C(Nc1ccnn1Cc1cccc(Br)c1)c1cnc(-c2ccccc2)nc1. The lowest BCUT2D eigenvalue weighted by Crippen LogP contribution is -2.16. The zero-order valence-electron chi connectivity index (χ0n) is 14.8. The van der Waals surface area contributed by atoms with Gasteiger partial charge in [0.2, 0.25) is 0 Å². The van der Waals surface area contributed by atoms with Crippen LogP contribution in [-0.2, 0) is 6.54 Å². The van der Waals surface area contributed by atoms with Crippen molar-refractivity contribution >= 4 is 27.7 Å². The fourth-order valence-corrected chi connectivity index (χ4v) is 3.19. The normalized spacial score (nSPS) is 10.6. The summed E-state index contributed by atoms with van der Waals surface area (Å²) in [6.45, 7) is 0.547. The number of nitrogens with one attached hydrogen (secondary N) is 1. The van der Waals surface area contributed by atoms with Crippen molar-refractivity contribution in [3.05, 3.63) is 94.9 Å². The van der Waals surface area contributed by atoms with Crippen LogP contribution in [0.1, 0.15) is 15.9 Å². The van der Waals surface area contributed by atoms with Crippen molar-refractivity contribution in [1.29, 1.82) is 0 Å². The molecule has 0 atom stereocenters. The van der Waals surface area contributed by atoms with Gasteiger partial charge in [-0.3, -0.25) is 4.79 Å². The number of carbonyl (C=O) groups excluding carboxylic acids is 1. The molecule has 4 rings (SSSR count). The van der Waals surface area contributed by atoms with E-state index in [9.17, 15) is 4.79 Å². The highest BCUT2D eigenvalue weighted by atomic mass is 79.9. The molecule has 138 valence electrons. The van der Waals surface area contributed by atoms with Crippen LogP contribution < -0.4 is 5.32 Å². The van der Waals surface area contributed by atoms with Crippen molar-refractivity contribution in [3.63, 3.8) is 0 Å². The number of carbonyl (C=O) groups is 1. The molecule has 0 aliphatic rings. The minimum Gasteiger partial charge on any atom is -0.307 e. The van der Waals surface area contributed by atoms with Crippen LogP contribution in [-0.4, -0.2) is 25.7 Å². The van der Waals surface area contributed by atoms with Crippen LogP contribution in [0.4, 0.5) is 5.82 Å². The third-order valence-corrected chi connectivity index (χ3v) is 4.62. The molecule has 0 aliphatic heterocycles. The molecule has 0 spiro atoms. The molecule has 0 aliphatic carbocycles. The van der Waals surface area contributed by atoms with Gasteiger partial charge in [0.05, 0.1) is 18.3 Å². The Kier molecular flexibility index (Phi) is 5.25. The average Bonchev–Trinajstić information content (AvgIpc) is 3.15. The van der Waals surface area contributed by atoms with E-state index in [-0.39, 0.29) is 5.91 Å². The zero-order chi connectivity index (χ0) is 19.3. The number of halogens is 1. The Balaban J connectivity index is 1.48. The maximum atomic E-state index is 12.6. The number of aromatic nitrogens is 4. The summed E-state index contributed by atoms with van der Waals surface area (Å²) in [6.07, 6.45) is 4.71. The first-order valence-corrected chi connectivity index (χ1v) is 9.43. The van der Waals surface area contributed by atoms with Crippen LogP contribution in [0.3, 0.4) is 0 Å². The van der Waals surface area contributed by atoms with E-state index in [4.69, 9.17) is 0 Å². The average molecular weight is 434 g/mol. The predicted molar refractivity (Wildman–Crippen MR) is 111 cm³/mol. The molecule has 2 heterocycles. The maximum Gasteiger partial charge on any atom is 0.259 e. The van der Waals surface area contributed by atoms with E-state index in [1.807, 2.05) is 54.6 Å². The lowest BCUT2D eigenvalue weighted by molar-refractivity contribution is 0.102. The van der Waals surface area contributed by atoms with Crippen LogP contribution >= 0.6 is 15.9 Å². The number of nitrogens with zero attached hydrogens (tertiary/aromatic N) is 4. The van der Waals surface area contributed by atoms with Crippen molar-refractivity contribution < 1.29 is 4.79 Å². The second-order valence-electron chi connectivity index (χ2n) is 6.12. The quantitative estimate of drug-likeness (QED) is 0.505. The first kappa shape index (κ1) is 18.1. The molecule has 2 aromatic heterocycles. The molecule has 0 saturated carbocycles. The molecule has 0 fully saturated rings. The van der Waals surface area contributed by atoms with Gasteiger partial charge in [0.15, 0.2) is 5.82 Å². The third kappa shape index (κ3) is 4.15. The second-order valence-corrected chi connectivity index (χ2v) is 7.04. The van der Waals surface area contributed by atoms with Crippen LogP contribution in [0.5, 0.6) is 0 Å². The summed E-state index contributed by atoms with van der Waals surface area (Å²) >= 11 is 3.46. The molecular formula is C21H16BrN5O. The molecular weight excluding hydrogens is 418 g/mol. The summed E-state index contributed by atoms with van der Waals surface area (Å²) in [7, 11) is 0. The van der Waals surface area contributed by atoms with E-state index in [0.29, 0.717) is 23.8 Å². The number of rotatable bonds is 5. The monoisotopic (exact) mass is 433 g/mol. The summed E-state index contributed by atoms with van der Waals surface area (Å²) in [4.78, 5) is 21.2. The minimum atomic E-state index is -0.282. The topological polar surface area (TPSA) is 72.7 Å². The maximum absolute atomic E-state index is 12.6. The Morgan fingerprint density at radius 2 is 1.79 bits per heavy atom. The lowest BCUT2D eigenvalue weighted by Gasteiger charge is -2.09. The van der Waals surface area contributed by atoms with Gasteiger partial charge in [-0.1, -0.05) is 58.4 Å². The van der Waals surface area contributed by atoms with Crippen LogP contribution in [0, 0.1) is 0 Å². The molecule has 1 N–H and O–H groups in total. The molecule has 4 aromatic rings. The molecule has 0 unspecified atom stereocenters. The second kappa shape index (κ2) is 8.14. The van der Waals surface area contributed by atoms with E-state index in [0.717, 1.165) is 15.6 Å². The van der Waals surface area contributed by atoms with E-state index in [2.05, 4.69) is 36.3 Å². The minimum absolute atomic E-state index is 0.282. The van der Waals surface area contributed by atoms with E-state index in [1.165, 1.54) is 12.4 Å². The van der Waals surface area contributed by atoms with E-state index >= 15 is 0 Å². The van der Waals surface area contributed by atoms with E-state index in [1.54, 1.807) is 16.9 Å². The van der Waals surface area contributed by atoms with Gasteiger partial charge in [-0.2, -0.15) is 5.10 Å². The highest BCUT2D eigenvalue weighted by Crippen LogP contribution is 2.16. The number of benzene rings is 2. The number of amides is 1. The summed E-state index contributed by atoms with van der Waals surface area (Å²) in [5.41, 5.74) is 2.36. The van der Waals surface area contributed by atoms with E-state index < -0.39 is 0 Å². The lowest BCUT2D eigenvalue weighted by atomic mass is 10.2. The fraction of sp³-hybridized carbons (Fsp3) is 0.0476. The molecule has 0 bridgehead atoms. The number of hydrogen-bond acceptors (Lipinski definition) is 4.